The highest BCUT2D eigenvalue weighted by Crippen LogP contribution is 2.28. The Balaban J connectivity index is 3.29. The molecule has 1 rings (SSSR count). The molecule has 6 nitrogen and oxygen atoms in total. The van der Waals surface area contributed by atoms with Crippen LogP contribution in [0.2, 0.25) is 0 Å². The largest absolute Gasteiger partial charge is 0.478 e. The first-order chi connectivity index (χ1) is 9.33. The van der Waals surface area contributed by atoms with Crippen molar-refractivity contribution in [3.05, 3.63) is 22.5 Å². The standard InChI is InChI=1S/C14H19NO5/c1-7(2)11-9(5-8(3)14(19)20-4)15-10(6-16)12(11)13(17)18/h6-8,15H,5H2,1-4H3,(H,17,18). The molecular weight excluding hydrogens is 262 g/mol. The number of hydrogen-bond acceptors (Lipinski definition) is 4. The molecule has 0 saturated carbocycles. The summed E-state index contributed by atoms with van der Waals surface area (Å²) < 4.78 is 4.66. The third kappa shape index (κ3) is 3.07. The first-order valence-corrected chi connectivity index (χ1v) is 6.34. The van der Waals surface area contributed by atoms with E-state index in [4.69, 9.17) is 0 Å². The number of aromatic amines is 1. The second-order valence-electron chi connectivity index (χ2n) is 5.01. The van der Waals surface area contributed by atoms with Crippen LogP contribution in [-0.4, -0.2) is 35.4 Å². The molecule has 1 aromatic heterocycles. The van der Waals surface area contributed by atoms with Crippen molar-refractivity contribution < 1.29 is 24.2 Å². The molecule has 1 heterocycles. The van der Waals surface area contributed by atoms with E-state index in [1.807, 2.05) is 13.8 Å². The Morgan fingerprint density at radius 1 is 1.35 bits per heavy atom. The SMILES string of the molecule is COC(=O)C(C)Cc1[nH]c(C=O)c(C(=O)O)c1C(C)C. The minimum absolute atomic E-state index is 0.0120. The maximum absolute atomic E-state index is 11.5. The lowest BCUT2D eigenvalue weighted by atomic mass is 9.93. The lowest BCUT2D eigenvalue weighted by molar-refractivity contribution is -0.144. The van der Waals surface area contributed by atoms with Gasteiger partial charge in [-0.2, -0.15) is 0 Å². The van der Waals surface area contributed by atoms with Gasteiger partial charge in [0, 0.05) is 12.1 Å². The topological polar surface area (TPSA) is 96.5 Å². The Hall–Kier alpha value is -2.11. The molecule has 1 aromatic rings. The number of hydrogen-bond donors (Lipinski definition) is 2. The maximum atomic E-state index is 11.5. The van der Waals surface area contributed by atoms with E-state index in [0.717, 1.165) is 0 Å². The summed E-state index contributed by atoms with van der Waals surface area (Å²) in [6.07, 6.45) is 0.788. The Bertz CT molecular complexity index is 530. The third-order valence-electron chi connectivity index (χ3n) is 3.17. The van der Waals surface area contributed by atoms with Crippen LogP contribution in [-0.2, 0) is 16.0 Å². The zero-order valence-corrected chi connectivity index (χ0v) is 12.0. The van der Waals surface area contributed by atoms with E-state index in [1.165, 1.54) is 7.11 Å². The lowest BCUT2D eigenvalue weighted by Gasteiger charge is -2.12. The predicted molar refractivity (Wildman–Crippen MR) is 72.1 cm³/mol. The smallest absolute Gasteiger partial charge is 0.338 e. The molecule has 0 aliphatic heterocycles. The number of aldehydes is 1. The summed E-state index contributed by atoms with van der Waals surface area (Å²) >= 11 is 0. The summed E-state index contributed by atoms with van der Waals surface area (Å²) in [5, 5.41) is 9.26. The van der Waals surface area contributed by atoms with E-state index in [9.17, 15) is 19.5 Å². The minimum Gasteiger partial charge on any atom is -0.478 e. The number of carbonyl (C=O) groups excluding carboxylic acids is 2. The van der Waals surface area contributed by atoms with Crippen LogP contribution in [0.15, 0.2) is 0 Å². The van der Waals surface area contributed by atoms with Crippen molar-refractivity contribution in [2.45, 2.75) is 33.1 Å². The van der Waals surface area contributed by atoms with Gasteiger partial charge in [0.05, 0.1) is 24.3 Å². The lowest BCUT2D eigenvalue weighted by Crippen LogP contribution is -2.16. The van der Waals surface area contributed by atoms with E-state index < -0.39 is 11.9 Å². The molecule has 0 aliphatic carbocycles. The first-order valence-electron chi connectivity index (χ1n) is 6.34. The molecule has 0 bridgehead atoms. The molecule has 0 aromatic carbocycles. The molecule has 6 heteroatoms. The maximum Gasteiger partial charge on any atom is 0.338 e. The van der Waals surface area contributed by atoms with Gasteiger partial charge in [0.2, 0.25) is 0 Å². The van der Waals surface area contributed by atoms with Gasteiger partial charge in [0.25, 0.3) is 0 Å². The van der Waals surface area contributed by atoms with E-state index in [0.29, 0.717) is 24.0 Å². The fourth-order valence-corrected chi connectivity index (χ4v) is 2.30. The van der Waals surface area contributed by atoms with E-state index >= 15 is 0 Å². The second-order valence-corrected chi connectivity index (χ2v) is 5.01. The molecule has 0 fully saturated rings. The van der Waals surface area contributed by atoms with Crippen LogP contribution < -0.4 is 0 Å². The van der Waals surface area contributed by atoms with Gasteiger partial charge in [-0.05, 0) is 11.5 Å². The van der Waals surface area contributed by atoms with Gasteiger partial charge in [0.1, 0.15) is 0 Å². The summed E-state index contributed by atoms with van der Waals surface area (Å²) in [7, 11) is 1.30. The highest BCUT2D eigenvalue weighted by molar-refractivity contribution is 5.98. The molecule has 110 valence electrons. The second kappa shape index (κ2) is 6.36. The molecule has 0 amide bonds. The van der Waals surface area contributed by atoms with Crippen LogP contribution in [0.3, 0.4) is 0 Å². The van der Waals surface area contributed by atoms with Crippen LogP contribution in [0.1, 0.15) is 58.8 Å². The number of nitrogens with one attached hydrogen (secondary N) is 1. The van der Waals surface area contributed by atoms with Gasteiger partial charge in [-0.3, -0.25) is 9.59 Å². The number of aromatic nitrogens is 1. The normalized spacial score (nSPS) is 12.2. The average molecular weight is 281 g/mol. The molecule has 0 radical (unpaired) electrons. The van der Waals surface area contributed by atoms with Gasteiger partial charge in [-0.15, -0.1) is 0 Å². The van der Waals surface area contributed by atoms with Crippen molar-refractivity contribution in [3.8, 4) is 0 Å². The van der Waals surface area contributed by atoms with Crippen molar-refractivity contribution in [1.82, 2.24) is 4.98 Å². The monoisotopic (exact) mass is 281 g/mol. The first kappa shape index (κ1) is 15.9. The summed E-state index contributed by atoms with van der Waals surface area (Å²) in [6.45, 7) is 5.38. The number of aromatic carboxylic acids is 1. The van der Waals surface area contributed by atoms with Crippen LogP contribution >= 0.6 is 0 Å². The van der Waals surface area contributed by atoms with Gasteiger partial charge < -0.3 is 14.8 Å². The number of carboxylic acid groups (broad SMARTS) is 1. The Morgan fingerprint density at radius 3 is 2.35 bits per heavy atom. The van der Waals surface area contributed by atoms with Crippen LogP contribution in [0, 0.1) is 5.92 Å². The number of methoxy groups -OCH3 is 1. The average Bonchev–Trinajstić information content (AvgIpc) is 2.76. The highest BCUT2D eigenvalue weighted by Gasteiger charge is 2.26. The van der Waals surface area contributed by atoms with E-state index in [-0.39, 0.29) is 23.1 Å². The van der Waals surface area contributed by atoms with E-state index in [1.54, 1.807) is 6.92 Å². The number of carboxylic acids is 1. The number of esters is 1. The Kier molecular flexibility index (Phi) is 5.07. The molecule has 0 aliphatic rings. The fourth-order valence-electron chi connectivity index (χ4n) is 2.30. The zero-order chi connectivity index (χ0) is 15.4. The summed E-state index contributed by atoms with van der Waals surface area (Å²) in [6, 6.07) is 0. The highest BCUT2D eigenvalue weighted by atomic mass is 16.5. The number of H-pyrrole nitrogens is 1. The molecule has 1 atom stereocenters. The minimum atomic E-state index is -1.15. The van der Waals surface area contributed by atoms with Crippen molar-refractivity contribution >= 4 is 18.2 Å². The number of rotatable bonds is 6. The summed E-state index contributed by atoms with van der Waals surface area (Å²) in [5.41, 5.74) is 1.18. The Morgan fingerprint density at radius 2 is 1.95 bits per heavy atom. The molecule has 1 unspecified atom stereocenters. The van der Waals surface area contributed by atoms with Crippen LogP contribution in [0.25, 0.3) is 0 Å². The molecule has 0 saturated heterocycles. The number of ether oxygens (including phenoxy) is 1. The van der Waals surface area contributed by atoms with Gasteiger partial charge >= 0.3 is 11.9 Å². The molecule has 0 spiro atoms. The predicted octanol–water partition coefficient (Wildman–Crippen LogP) is 2.00. The molecule has 20 heavy (non-hydrogen) atoms. The molecular formula is C14H19NO5. The quantitative estimate of drug-likeness (QED) is 0.614. The number of carbonyl (C=O) groups is 3. The van der Waals surface area contributed by atoms with Crippen molar-refractivity contribution in [3.63, 3.8) is 0 Å². The van der Waals surface area contributed by atoms with Crippen molar-refractivity contribution in [1.29, 1.82) is 0 Å². The van der Waals surface area contributed by atoms with Crippen molar-refractivity contribution in [2.75, 3.05) is 7.11 Å². The molecule has 2 N–H and O–H groups in total. The van der Waals surface area contributed by atoms with Crippen LogP contribution in [0.4, 0.5) is 0 Å². The third-order valence-corrected chi connectivity index (χ3v) is 3.17. The van der Waals surface area contributed by atoms with E-state index in [2.05, 4.69) is 9.72 Å². The van der Waals surface area contributed by atoms with Crippen LogP contribution in [0.5, 0.6) is 0 Å². The van der Waals surface area contributed by atoms with Gasteiger partial charge in [0.15, 0.2) is 6.29 Å². The zero-order valence-electron chi connectivity index (χ0n) is 12.0. The van der Waals surface area contributed by atoms with Gasteiger partial charge in [-0.1, -0.05) is 20.8 Å². The Labute approximate surface area is 117 Å². The summed E-state index contributed by atoms with van der Waals surface area (Å²) in [4.78, 5) is 36.6. The van der Waals surface area contributed by atoms with Crippen molar-refractivity contribution in [2.24, 2.45) is 5.92 Å². The fraction of sp³-hybridized carbons (Fsp3) is 0.500. The van der Waals surface area contributed by atoms with Gasteiger partial charge in [-0.25, -0.2) is 4.79 Å². The summed E-state index contributed by atoms with van der Waals surface area (Å²) in [5.74, 6) is -2.02.